The average Bonchev–Trinajstić information content (AvgIpc) is 2.79. The lowest BCUT2D eigenvalue weighted by Crippen LogP contribution is -2.36. The lowest BCUT2D eigenvalue weighted by atomic mass is 10.2. The van der Waals surface area contributed by atoms with E-state index in [4.69, 9.17) is 0 Å². The molecule has 0 amide bonds. The van der Waals surface area contributed by atoms with E-state index in [1.807, 2.05) is 26.8 Å². The summed E-state index contributed by atoms with van der Waals surface area (Å²) in [4.78, 5) is 2.40. The molecule has 1 aromatic rings. The molecule has 0 atom stereocenters. The van der Waals surface area contributed by atoms with E-state index in [0.717, 1.165) is 22.6 Å². The fourth-order valence-electron chi connectivity index (χ4n) is 2.33. The van der Waals surface area contributed by atoms with Crippen LogP contribution in [0.2, 0.25) is 0 Å². The van der Waals surface area contributed by atoms with E-state index in [1.165, 1.54) is 4.31 Å². The van der Waals surface area contributed by atoms with Crippen LogP contribution in [0, 0.1) is 6.92 Å². The molecule has 0 bridgehead atoms. The summed E-state index contributed by atoms with van der Waals surface area (Å²) in [5.41, 5.74) is 0. The van der Waals surface area contributed by atoms with Gasteiger partial charge in [-0.3, -0.25) is 0 Å². The topological polar surface area (TPSA) is 49.4 Å². The van der Waals surface area contributed by atoms with Crippen molar-refractivity contribution in [3.05, 3.63) is 15.8 Å². The lowest BCUT2D eigenvalue weighted by Gasteiger charge is -2.25. The second kappa shape index (κ2) is 7.72. The molecule has 0 aliphatic carbocycles. The number of aryl methyl sites for hydroxylation is 1. The summed E-state index contributed by atoms with van der Waals surface area (Å²) < 4.78 is 27.1. The van der Waals surface area contributed by atoms with Crippen molar-refractivity contribution in [3.8, 4) is 0 Å². The highest BCUT2D eigenvalue weighted by molar-refractivity contribution is 7.89. The van der Waals surface area contributed by atoms with Crippen LogP contribution in [0.25, 0.3) is 0 Å². The smallest absolute Gasteiger partial charge is 0.244 e. The maximum atomic E-state index is 12.8. The van der Waals surface area contributed by atoms with Gasteiger partial charge in [0.2, 0.25) is 10.0 Å². The maximum Gasteiger partial charge on any atom is 0.244 e. The third-order valence-corrected chi connectivity index (χ3v) is 6.94. The van der Waals surface area contributed by atoms with Gasteiger partial charge in [-0.2, -0.15) is 4.31 Å². The average molecular weight is 333 g/mol. The van der Waals surface area contributed by atoms with Crippen LogP contribution >= 0.6 is 11.3 Å². The second-order valence-electron chi connectivity index (χ2n) is 5.66. The van der Waals surface area contributed by atoms with E-state index in [-0.39, 0.29) is 6.04 Å². The van der Waals surface area contributed by atoms with E-state index >= 15 is 0 Å². The predicted molar refractivity (Wildman–Crippen MR) is 90.4 cm³/mol. The largest absolute Gasteiger partial charge is 0.310 e. The summed E-state index contributed by atoms with van der Waals surface area (Å²) in [7, 11) is -1.70. The Bertz CT molecular complexity index is 546. The van der Waals surface area contributed by atoms with Gasteiger partial charge in [-0.1, -0.05) is 27.7 Å². The molecule has 0 fully saturated rings. The molecule has 0 aliphatic heterocycles. The first kappa shape index (κ1) is 18.6. The normalized spacial score (nSPS) is 12.8. The van der Waals surface area contributed by atoms with Crippen molar-refractivity contribution in [1.29, 1.82) is 0 Å². The van der Waals surface area contributed by atoms with Gasteiger partial charge in [0, 0.05) is 35.4 Å². The monoisotopic (exact) mass is 332 g/mol. The number of hydrogen-bond acceptors (Lipinski definition) is 4. The summed E-state index contributed by atoms with van der Waals surface area (Å²) >= 11 is 1.56. The zero-order chi connectivity index (χ0) is 16.2. The molecule has 0 spiro atoms. The molecule has 0 aliphatic rings. The lowest BCUT2D eigenvalue weighted by molar-refractivity contribution is 0.349. The van der Waals surface area contributed by atoms with Crippen LogP contribution in [0.5, 0.6) is 0 Å². The van der Waals surface area contributed by atoms with Crippen molar-refractivity contribution in [2.75, 3.05) is 7.05 Å². The Morgan fingerprint density at radius 2 is 1.86 bits per heavy atom. The molecular weight excluding hydrogens is 304 g/mol. The van der Waals surface area contributed by atoms with Gasteiger partial charge >= 0.3 is 0 Å². The highest BCUT2D eigenvalue weighted by Crippen LogP contribution is 2.29. The molecule has 122 valence electrons. The molecule has 0 unspecified atom stereocenters. The third-order valence-electron chi connectivity index (χ3n) is 3.72. The van der Waals surface area contributed by atoms with Crippen LogP contribution in [0.3, 0.4) is 0 Å². The Labute approximate surface area is 133 Å². The summed E-state index contributed by atoms with van der Waals surface area (Å²) in [6, 6.07) is 2.27. The van der Waals surface area contributed by atoms with Gasteiger partial charge in [0.1, 0.15) is 0 Å². The Hall–Kier alpha value is -0.430. The van der Waals surface area contributed by atoms with Crippen molar-refractivity contribution >= 4 is 21.4 Å². The molecule has 0 saturated carbocycles. The van der Waals surface area contributed by atoms with Crippen LogP contribution < -0.4 is 5.32 Å². The van der Waals surface area contributed by atoms with Crippen LogP contribution in [0.1, 0.15) is 50.3 Å². The Kier molecular flexibility index (Phi) is 6.84. The van der Waals surface area contributed by atoms with Crippen LogP contribution in [0.15, 0.2) is 11.0 Å². The van der Waals surface area contributed by atoms with E-state index in [9.17, 15) is 8.42 Å². The summed E-state index contributed by atoms with van der Waals surface area (Å²) in [6.07, 6.45) is 1.66. The number of sulfonamides is 1. The van der Waals surface area contributed by atoms with E-state index in [2.05, 4.69) is 19.2 Å². The highest BCUT2D eigenvalue weighted by Gasteiger charge is 2.28. The SMILES string of the molecule is CCC(CC)N(C)S(=O)(=O)c1cc(CNC(C)C)sc1C. The molecule has 1 heterocycles. The predicted octanol–water partition coefficient (Wildman–Crippen LogP) is 3.36. The summed E-state index contributed by atoms with van der Waals surface area (Å²) in [6.45, 7) is 10.8. The van der Waals surface area contributed by atoms with Gasteiger partial charge in [0.15, 0.2) is 0 Å². The van der Waals surface area contributed by atoms with Crippen molar-refractivity contribution in [3.63, 3.8) is 0 Å². The Morgan fingerprint density at radius 3 is 2.33 bits per heavy atom. The van der Waals surface area contributed by atoms with E-state index in [0.29, 0.717) is 17.5 Å². The molecule has 1 aromatic heterocycles. The van der Waals surface area contributed by atoms with E-state index in [1.54, 1.807) is 18.4 Å². The minimum absolute atomic E-state index is 0.0616. The van der Waals surface area contributed by atoms with Crippen LogP contribution in [-0.2, 0) is 16.6 Å². The van der Waals surface area contributed by atoms with Crippen molar-refractivity contribution < 1.29 is 8.42 Å². The van der Waals surface area contributed by atoms with Crippen molar-refractivity contribution in [2.24, 2.45) is 0 Å². The van der Waals surface area contributed by atoms with E-state index < -0.39 is 10.0 Å². The molecule has 0 saturated heterocycles. The molecular formula is C15H28N2O2S2. The molecule has 4 nitrogen and oxygen atoms in total. The number of nitrogens with zero attached hydrogens (tertiary/aromatic N) is 1. The zero-order valence-electron chi connectivity index (χ0n) is 13.9. The van der Waals surface area contributed by atoms with Gasteiger partial charge in [-0.15, -0.1) is 11.3 Å². The van der Waals surface area contributed by atoms with Crippen molar-refractivity contribution in [1.82, 2.24) is 9.62 Å². The standard InChI is InChI=1S/C15H28N2O2S2/c1-7-13(8-2)17(6)21(18,19)15-9-14(20-12(15)5)10-16-11(3)4/h9,11,13,16H,7-8,10H2,1-6H3. The fraction of sp³-hybridized carbons (Fsp3) is 0.733. The number of nitrogens with one attached hydrogen (secondary N) is 1. The Balaban J connectivity index is 3.03. The van der Waals surface area contributed by atoms with Gasteiger partial charge < -0.3 is 5.32 Å². The molecule has 1 rings (SSSR count). The molecule has 21 heavy (non-hydrogen) atoms. The minimum Gasteiger partial charge on any atom is -0.310 e. The summed E-state index contributed by atoms with van der Waals surface area (Å²) in [5.74, 6) is 0. The quantitative estimate of drug-likeness (QED) is 0.794. The first-order valence-electron chi connectivity index (χ1n) is 7.54. The minimum atomic E-state index is -3.39. The summed E-state index contributed by atoms with van der Waals surface area (Å²) in [5, 5.41) is 3.33. The third kappa shape index (κ3) is 4.52. The van der Waals surface area contributed by atoms with Crippen LogP contribution in [-0.4, -0.2) is 31.9 Å². The number of thiophene rings is 1. The number of hydrogen-bond donors (Lipinski definition) is 1. The van der Waals surface area contributed by atoms with Crippen molar-refractivity contribution in [2.45, 2.75) is 71.0 Å². The fourth-order valence-corrected chi connectivity index (χ4v) is 5.38. The Morgan fingerprint density at radius 1 is 1.29 bits per heavy atom. The first-order valence-corrected chi connectivity index (χ1v) is 9.80. The highest BCUT2D eigenvalue weighted by atomic mass is 32.2. The maximum absolute atomic E-state index is 12.8. The number of rotatable bonds is 8. The van der Waals surface area contributed by atoms with Gasteiger partial charge in [-0.25, -0.2) is 8.42 Å². The molecule has 0 aromatic carbocycles. The van der Waals surface area contributed by atoms with Gasteiger partial charge in [0.05, 0.1) is 4.90 Å². The second-order valence-corrected chi connectivity index (χ2v) is 8.97. The first-order chi connectivity index (χ1) is 9.73. The van der Waals surface area contributed by atoms with Gasteiger partial charge in [-0.05, 0) is 25.8 Å². The molecule has 0 radical (unpaired) electrons. The zero-order valence-corrected chi connectivity index (χ0v) is 15.6. The molecule has 1 N–H and O–H groups in total. The van der Waals surface area contributed by atoms with Gasteiger partial charge in [0.25, 0.3) is 0 Å². The van der Waals surface area contributed by atoms with Crippen LogP contribution in [0.4, 0.5) is 0 Å². The molecule has 6 heteroatoms.